The molecule has 0 saturated heterocycles. The molecule has 0 radical (unpaired) electrons. The molecule has 1 aromatic carbocycles. The summed E-state index contributed by atoms with van der Waals surface area (Å²) >= 11 is 0. The number of carbonyl (C=O) groups is 1. The van der Waals surface area contributed by atoms with Crippen molar-refractivity contribution in [2.24, 2.45) is 0 Å². The van der Waals surface area contributed by atoms with Crippen LogP contribution in [0.5, 0.6) is 0 Å². The molecule has 0 atom stereocenters. The van der Waals surface area contributed by atoms with Crippen molar-refractivity contribution in [3.8, 4) is 0 Å². The molecule has 1 N–H and O–H groups in total. The van der Waals surface area contributed by atoms with Crippen molar-refractivity contribution in [1.29, 1.82) is 0 Å². The molecule has 0 saturated carbocycles. The Balaban J connectivity index is 1.93. The van der Waals surface area contributed by atoms with E-state index in [2.05, 4.69) is 10.3 Å². The van der Waals surface area contributed by atoms with Gasteiger partial charge in [0.1, 0.15) is 12.7 Å². The van der Waals surface area contributed by atoms with Crippen molar-refractivity contribution in [2.45, 2.75) is 20.0 Å². The van der Waals surface area contributed by atoms with Gasteiger partial charge in [-0.3, -0.25) is 9.36 Å². The number of nitrogens with zero attached hydrogens (tertiary/aromatic N) is 3. The van der Waals surface area contributed by atoms with Crippen molar-refractivity contribution in [1.82, 2.24) is 14.9 Å². The van der Waals surface area contributed by atoms with E-state index in [-0.39, 0.29) is 18.3 Å². The number of carbonyl (C=O) groups excluding carboxylic acids is 1. The van der Waals surface area contributed by atoms with Gasteiger partial charge in [0, 0.05) is 13.5 Å². The van der Waals surface area contributed by atoms with E-state index < -0.39 is 4.92 Å². The first-order valence-electron chi connectivity index (χ1n) is 6.05. The maximum absolute atomic E-state index is 11.8. The lowest BCUT2D eigenvalue weighted by atomic mass is 10.2. The fourth-order valence-corrected chi connectivity index (χ4v) is 1.75. The summed E-state index contributed by atoms with van der Waals surface area (Å²) < 4.78 is 1.46. The lowest BCUT2D eigenvalue weighted by Crippen LogP contribution is -2.27. The molecule has 7 heteroatoms. The van der Waals surface area contributed by atoms with Gasteiger partial charge in [0.25, 0.3) is 0 Å². The van der Waals surface area contributed by atoms with Gasteiger partial charge in [-0.05, 0) is 15.5 Å². The molecule has 0 aliphatic heterocycles. The first-order valence-corrected chi connectivity index (χ1v) is 6.05. The molecule has 104 valence electrons. The highest BCUT2D eigenvalue weighted by atomic mass is 16.6. The minimum absolute atomic E-state index is 0.0134. The second kappa shape index (κ2) is 5.96. The molecular formula is C13H14N4O3. The summed E-state index contributed by atoms with van der Waals surface area (Å²) in [5.41, 5.74) is 0.995. The van der Waals surface area contributed by atoms with Gasteiger partial charge in [-0.15, -0.1) is 0 Å². The van der Waals surface area contributed by atoms with Crippen molar-refractivity contribution >= 4 is 11.7 Å². The topological polar surface area (TPSA) is 90.1 Å². The Morgan fingerprint density at radius 3 is 2.70 bits per heavy atom. The lowest BCUT2D eigenvalue weighted by Gasteiger charge is -2.05. The van der Waals surface area contributed by atoms with E-state index in [1.54, 1.807) is 6.92 Å². The zero-order valence-corrected chi connectivity index (χ0v) is 10.9. The van der Waals surface area contributed by atoms with E-state index in [0.29, 0.717) is 12.4 Å². The first kappa shape index (κ1) is 13.7. The Bertz CT molecular complexity index is 622. The zero-order valence-electron chi connectivity index (χ0n) is 10.9. The summed E-state index contributed by atoms with van der Waals surface area (Å²) in [6.07, 6.45) is 1.26. The number of benzene rings is 1. The molecular weight excluding hydrogens is 260 g/mol. The number of hydrogen-bond acceptors (Lipinski definition) is 4. The summed E-state index contributed by atoms with van der Waals surface area (Å²) in [5, 5.41) is 13.3. The van der Waals surface area contributed by atoms with Gasteiger partial charge in [-0.25, -0.2) is 0 Å². The van der Waals surface area contributed by atoms with Crippen molar-refractivity contribution < 1.29 is 9.72 Å². The SMILES string of the molecule is Cc1nc([N+](=O)[O-])cn1CC(=O)NCc1ccccc1. The van der Waals surface area contributed by atoms with Gasteiger partial charge in [-0.2, -0.15) is 0 Å². The second-order valence-corrected chi connectivity index (χ2v) is 4.29. The van der Waals surface area contributed by atoms with Crippen LogP contribution in [0, 0.1) is 17.0 Å². The summed E-state index contributed by atoms with van der Waals surface area (Å²) in [6.45, 7) is 2.06. The van der Waals surface area contributed by atoms with E-state index in [9.17, 15) is 14.9 Å². The molecule has 0 fully saturated rings. The van der Waals surface area contributed by atoms with Crippen LogP contribution in [-0.4, -0.2) is 20.4 Å². The van der Waals surface area contributed by atoms with Crippen LogP contribution in [0.15, 0.2) is 36.5 Å². The quantitative estimate of drug-likeness (QED) is 0.659. The third kappa shape index (κ3) is 3.41. The average Bonchev–Trinajstić information content (AvgIpc) is 2.79. The van der Waals surface area contributed by atoms with Crippen LogP contribution in [0.25, 0.3) is 0 Å². The van der Waals surface area contributed by atoms with Gasteiger partial charge in [0.2, 0.25) is 11.7 Å². The van der Waals surface area contributed by atoms with Crippen LogP contribution >= 0.6 is 0 Å². The average molecular weight is 274 g/mol. The smallest absolute Gasteiger partial charge is 0.358 e. The molecule has 0 spiro atoms. The molecule has 1 amide bonds. The summed E-state index contributed by atoms with van der Waals surface area (Å²) in [7, 11) is 0. The highest BCUT2D eigenvalue weighted by molar-refractivity contribution is 5.75. The summed E-state index contributed by atoms with van der Waals surface area (Å²) in [5.74, 6) is -0.0332. The van der Waals surface area contributed by atoms with Gasteiger partial charge in [0.05, 0.1) is 0 Å². The van der Waals surface area contributed by atoms with E-state index >= 15 is 0 Å². The maximum Gasteiger partial charge on any atom is 0.381 e. The molecule has 2 aromatic rings. The third-order valence-electron chi connectivity index (χ3n) is 2.80. The number of nitrogens with one attached hydrogen (secondary N) is 1. The molecule has 2 rings (SSSR count). The monoisotopic (exact) mass is 274 g/mol. The van der Waals surface area contributed by atoms with E-state index in [4.69, 9.17) is 0 Å². The molecule has 0 aliphatic carbocycles. The van der Waals surface area contributed by atoms with Crippen LogP contribution in [0.4, 0.5) is 5.82 Å². The molecule has 7 nitrogen and oxygen atoms in total. The highest BCUT2D eigenvalue weighted by Gasteiger charge is 2.16. The number of nitro groups is 1. The Kier molecular flexibility index (Phi) is 4.09. The normalized spacial score (nSPS) is 10.2. The second-order valence-electron chi connectivity index (χ2n) is 4.29. The number of hydrogen-bond donors (Lipinski definition) is 1. The Hall–Kier alpha value is -2.70. The first-order chi connectivity index (χ1) is 9.56. The molecule has 1 aromatic heterocycles. The number of aromatic nitrogens is 2. The third-order valence-corrected chi connectivity index (χ3v) is 2.80. The fraction of sp³-hybridized carbons (Fsp3) is 0.231. The van der Waals surface area contributed by atoms with Gasteiger partial charge in [-0.1, -0.05) is 30.3 Å². The van der Waals surface area contributed by atoms with Crippen molar-refractivity contribution in [3.05, 3.63) is 58.0 Å². The molecule has 20 heavy (non-hydrogen) atoms. The Morgan fingerprint density at radius 1 is 1.40 bits per heavy atom. The lowest BCUT2D eigenvalue weighted by molar-refractivity contribution is -0.389. The minimum Gasteiger partial charge on any atom is -0.358 e. The van der Waals surface area contributed by atoms with Crippen LogP contribution < -0.4 is 5.32 Å². The van der Waals surface area contributed by atoms with Crippen LogP contribution in [0.2, 0.25) is 0 Å². The van der Waals surface area contributed by atoms with E-state index in [0.717, 1.165) is 5.56 Å². The number of rotatable bonds is 5. The predicted molar refractivity (Wildman–Crippen MR) is 71.9 cm³/mol. The molecule has 0 aliphatic rings. The summed E-state index contributed by atoms with van der Waals surface area (Å²) in [6, 6.07) is 9.51. The number of imidazole rings is 1. The standard InChI is InChI=1S/C13H14N4O3/c1-10-15-12(17(19)20)8-16(10)9-13(18)14-7-11-5-3-2-4-6-11/h2-6,8H,7,9H2,1H3,(H,14,18). The number of amides is 1. The Morgan fingerprint density at radius 2 is 2.10 bits per heavy atom. The van der Waals surface area contributed by atoms with Gasteiger partial charge < -0.3 is 15.4 Å². The van der Waals surface area contributed by atoms with Crippen molar-refractivity contribution in [2.75, 3.05) is 0 Å². The fourth-order valence-electron chi connectivity index (χ4n) is 1.75. The summed E-state index contributed by atoms with van der Waals surface area (Å²) in [4.78, 5) is 25.6. The predicted octanol–water partition coefficient (Wildman–Crippen LogP) is 1.42. The van der Waals surface area contributed by atoms with E-state index in [1.807, 2.05) is 30.3 Å². The zero-order chi connectivity index (χ0) is 14.5. The molecule has 1 heterocycles. The minimum atomic E-state index is -0.578. The molecule has 0 bridgehead atoms. The maximum atomic E-state index is 11.8. The van der Waals surface area contributed by atoms with Gasteiger partial charge in [0.15, 0.2) is 0 Å². The Labute approximate surface area is 115 Å². The van der Waals surface area contributed by atoms with E-state index in [1.165, 1.54) is 10.8 Å². The van der Waals surface area contributed by atoms with Crippen LogP contribution in [0.3, 0.4) is 0 Å². The largest absolute Gasteiger partial charge is 0.381 e. The molecule has 0 unspecified atom stereocenters. The van der Waals surface area contributed by atoms with Crippen LogP contribution in [0.1, 0.15) is 11.4 Å². The van der Waals surface area contributed by atoms with Crippen LogP contribution in [-0.2, 0) is 17.9 Å². The van der Waals surface area contributed by atoms with Gasteiger partial charge >= 0.3 is 5.82 Å². The van der Waals surface area contributed by atoms with Crippen molar-refractivity contribution in [3.63, 3.8) is 0 Å². The number of aryl methyl sites for hydroxylation is 1. The highest BCUT2D eigenvalue weighted by Crippen LogP contribution is 2.09.